The molecular weight excluding hydrogens is 646 g/mol. The first-order valence-electron chi connectivity index (χ1n) is 13.5. The molecule has 2 heterocycles. The van der Waals surface area contributed by atoms with E-state index in [1.54, 1.807) is 29.7 Å². The van der Waals surface area contributed by atoms with Crippen LogP contribution in [0, 0.1) is 12.8 Å². The van der Waals surface area contributed by atoms with Gasteiger partial charge in [-0.2, -0.15) is 26.3 Å². The van der Waals surface area contributed by atoms with Crippen LogP contribution in [-0.4, -0.2) is 81.2 Å². The third kappa shape index (κ3) is 12.0. The van der Waals surface area contributed by atoms with E-state index < -0.39 is 30.2 Å². The fourth-order valence-corrected chi connectivity index (χ4v) is 4.35. The number of nitrogens with zero attached hydrogens (tertiary/aromatic N) is 2. The Morgan fingerprint density at radius 1 is 0.957 bits per heavy atom. The van der Waals surface area contributed by atoms with Crippen molar-refractivity contribution >= 4 is 34.7 Å². The van der Waals surface area contributed by atoms with Crippen molar-refractivity contribution in [2.75, 3.05) is 13.6 Å². The molecule has 2 amide bonds. The van der Waals surface area contributed by atoms with Crippen molar-refractivity contribution in [1.82, 2.24) is 20.7 Å². The maximum Gasteiger partial charge on any atom is 0.490 e. The second-order valence-corrected chi connectivity index (χ2v) is 10.0. The smallest absolute Gasteiger partial charge is 0.489 e. The number of para-hydroxylation sites is 1. The number of fused-ring (bicyclic) bond motifs is 1. The van der Waals surface area contributed by atoms with Crippen LogP contribution >= 0.6 is 0 Å². The van der Waals surface area contributed by atoms with Gasteiger partial charge < -0.3 is 20.3 Å². The minimum Gasteiger partial charge on any atom is -0.489 e. The van der Waals surface area contributed by atoms with Crippen molar-refractivity contribution in [1.29, 1.82) is 0 Å². The topological polar surface area (TPSA) is 178 Å². The van der Waals surface area contributed by atoms with Crippen molar-refractivity contribution in [2.24, 2.45) is 5.92 Å². The maximum absolute atomic E-state index is 12.8. The van der Waals surface area contributed by atoms with Crippen LogP contribution in [0.2, 0.25) is 0 Å². The highest BCUT2D eigenvalue weighted by Crippen LogP contribution is 2.25. The minimum atomic E-state index is -5.08. The molecule has 3 aromatic rings. The predicted molar refractivity (Wildman–Crippen MR) is 151 cm³/mol. The number of aliphatic carboxylic acids is 2. The van der Waals surface area contributed by atoms with Crippen LogP contribution in [0.3, 0.4) is 0 Å². The Labute approximate surface area is 262 Å². The number of alkyl halides is 6. The molecule has 1 aliphatic heterocycles. The molecular formula is C29H30F6N4O8. The third-order valence-electron chi connectivity index (χ3n) is 6.55. The molecule has 0 radical (unpaired) electrons. The van der Waals surface area contributed by atoms with Crippen LogP contribution in [0.1, 0.15) is 34.5 Å². The molecule has 0 spiro atoms. The number of aryl methyl sites for hydroxylation is 1. The van der Waals surface area contributed by atoms with Gasteiger partial charge in [-0.05, 0) is 56.8 Å². The number of aromatic nitrogens is 1. The Hall–Kier alpha value is -4.97. The van der Waals surface area contributed by atoms with Crippen molar-refractivity contribution in [3.63, 3.8) is 0 Å². The molecule has 256 valence electrons. The average molecular weight is 677 g/mol. The quantitative estimate of drug-likeness (QED) is 0.138. The molecule has 4 rings (SSSR count). The molecule has 1 aromatic heterocycles. The average Bonchev–Trinajstić information content (AvgIpc) is 3.33. The Balaban J connectivity index is 0.000000459. The van der Waals surface area contributed by atoms with E-state index in [2.05, 4.69) is 10.3 Å². The van der Waals surface area contributed by atoms with Gasteiger partial charge in [0.1, 0.15) is 12.4 Å². The van der Waals surface area contributed by atoms with E-state index >= 15 is 0 Å². The van der Waals surface area contributed by atoms with Gasteiger partial charge in [0.15, 0.2) is 0 Å². The number of amides is 2. The lowest BCUT2D eigenvalue weighted by Crippen LogP contribution is -2.46. The number of ether oxygens (including phenoxy) is 1. The third-order valence-corrected chi connectivity index (χ3v) is 6.55. The van der Waals surface area contributed by atoms with Crippen LogP contribution in [0.4, 0.5) is 26.3 Å². The highest BCUT2D eigenvalue weighted by Gasteiger charge is 2.39. The van der Waals surface area contributed by atoms with E-state index in [9.17, 15) is 35.9 Å². The Kier molecular flexibility index (Phi) is 13.5. The second-order valence-electron chi connectivity index (χ2n) is 10.0. The van der Waals surface area contributed by atoms with E-state index in [0.29, 0.717) is 17.9 Å². The lowest BCUT2D eigenvalue weighted by molar-refractivity contribution is -0.193. The van der Waals surface area contributed by atoms with Gasteiger partial charge in [0, 0.05) is 41.1 Å². The molecule has 0 bridgehead atoms. The molecule has 1 saturated heterocycles. The van der Waals surface area contributed by atoms with Gasteiger partial charge in [0.2, 0.25) is 5.91 Å². The lowest BCUT2D eigenvalue weighted by atomic mass is 10.0. The molecule has 18 heteroatoms. The Morgan fingerprint density at radius 3 is 2.04 bits per heavy atom. The van der Waals surface area contributed by atoms with Gasteiger partial charge in [-0.15, -0.1) is 0 Å². The summed E-state index contributed by atoms with van der Waals surface area (Å²) < 4.78 is 69.4. The lowest BCUT2D eigenvalue weighted by Gasteiger charge is -2.25. The van der Waals surface area contributed by atoms with Crippen molar-refractivity contribution in [3.05, 3.63) is 71.4 Å². The molecule has 2 atom stereocenters. The number of nitrogens with one attached hydrogen (secondary N) is 2. The molecule has 47 heavy (non-hydrogen) atoms. The number of hydrogen-bond acceptors (Lipinski definition) is 8. The second kappa shape index (κ2) is 16.5. The van der Waals surface area contributed by atoms with Crippen molar-refractivity contribution in [2.45, 2.75) is 44.9 Å². The van der Waals surface area contributed by atoms with Crippen LogP contribution in [0.15, 0.2) is 54.6 Å². The predicted octanol–water partition coefficient (Wildman–Crippen LogP) is 4.29. The first kappa shape index (κ1) is 38.2. The summed E-state index contributed by atoms with van der Waals surface area (Å²) in [6.45, 7) is 3.13. The van der Waals surface area contributed by atoms with Gasteiger partial charge in [-0.3, -0.25) is 24.7 Å². The van der Waals surface area contributed by atoms with Gasteiger partial charge in [0.25, 0.3) is 5.91 Å². The molecule has 2 aromatic carbocycles. The van der Waals surface area contributed by atoms with Gasteiger partial charge in [-0.25, -0.2) is 15.1 Å². The maximum atomic E-state index is 12.8. The summed E-state index contributed by atoms with van der Waals surface area (Å²) in [7, 11) is 1.91. The first-order valence-corrected chi connectivity index (χ1v) is 13.5. The van der Waals surface area contributed by atoms with Gasteiger partial charge in [0.05, 0.1) is 11.7 Å². The Bertz CT molecular complexity index is 1530. The van der Waals surface area contributed by atoms with Crippen LogP contribution in [0.25, 0.3) is 10.9 Å². The standard InChI is InChI=1S/C25H28N4O4.2C2HF3O2/c1-16-13-19(21-5-3-4-6-22(21)26-16)15-33-20-9-7-17(8-10-20)25(31)27-24-18(11-12-29(24)2)14-23(30)28-32;2*3-2(4,5)1(6)7/h3-10,13,18,24,32H,11-12,14-15H2,1-2H3,(H,27,31)(H,28,30);2*(H,6,7)/t18-,24?;;/m1../s1. The van der Waals surface area contributed by atoms with E-state index in [0.717, 1.165) is 35.1 Å². The first-order chi connectivity index (χ1) is 21.8. The zero-order chi connectivity index (χ0) is 35.5. The molecule has 5 N–H and O–H groups in total. The van der Waals surface area contributed by atoms with Crippen molar-refractivity contribution in [3.8, 4) is 5.75 Å². The molecule has 1 fully saturated rings. The highest BCUT2D eigenvalue weighted by molar-refractivity contribution is 5.94. The fraction of sp³-hybridized carbons (Fsp3) is 0.345. The largest absolute Gasteiger partial charge is 0.490 e. The molecule has 1 unspecified atom stereocenters. The van der Waals surface area contributed by atoms with Gasteiger partial charge in [-0.1, -0.05) is 18.2 Å². The fourth-order valence-electron chi connectivity index (χ4n) is 4.35. The zero-order valence-corrected chi connectivity index (χ0v) is 24.7. The number of carbonyl (C=O) groups is 4. The zero-order valence-electron chi connectivity index (χ0n) is 24.7. The van der Waals surface area contributed by atoms with Gasteiger partial charge >= 0.3 is 24.3 Å². The number of hydrogen-bond donors (Lipinski definition) is 5. The summed E-state index contributed by atoms with van der Waals surface area (Å²) in [6, 6.07) is 17.0. The molecule has 12 nitrogen and oxygen atoms in total. The summed E-state index contributed by atoms with van der Waals surface area (Å²) in [5.74, 6) is -5.58. The number of likely N-dealkylation sites (tertiary alicyclic amines) is 1. The summed E-state index contributed by atoms with van der Waals surface area (Å²) in [5.41, 5.74) is 5.11. The van der Waals surface area contributed by atoms with Crippen molar-refractivity contribution < 1.29 is 65.7 Å². The van der Waals surface area contributed by atoms with Crippen LogP contribution < -0.4 is 15.5 Å². The molecule has 0 aliphatic carbocycles. The number of benzene rings is 2. The Morgan fingerprint density at radius 2 is 1.51 bits per heavy atom. The highest BCUT2D eigenvalue weighted by atomic mass is 19.4. The number of rotatable bonds is 7. The number of carboxylic acids is 2. The van der Waals surface area contributed by atoms with E-state index in [-0.39, 0.29) is 24.4 Å². The number of carboxylic acid groups (broad SMARTS) is 2. The van der Waals surface area contributed by atoms with E-state index in [4.69, 9.17) is 29.7 Å². The normalized spacial score (nSPS) is 16.2. The number of halogens is 6. The summed E-state index contributed by atoms with van der Waals surface area (Å²) in [6.07, 6.45) is -9.51. The number of pyridine rings is 1. The monoisotopic (exact) mass is 676 g/mol. The van der Waals surface area contributed by atoms with Crippen LogP contribution in [-0.2, 0) is 21.0 Å². The summed E-state index contributed by atoms with van der Waals surface area (Å²) in [5, 5.41) is 27.1. The number of hydroxylamine groups is 1. The van der Waals surface area contributed by atoms with Crippen LogP contribution in [0.5, 0.6) is 5.75 Å². The summed E-state index contributed by atoms with van der Waals surface area (Å²) >= 11 is 0. The number of carbonyl (C=O) groups excluding carboxylic acids is 2. The van der Waals surface area contributed by atoms with E-state index in [1.807, 2.05) is 49.2 Å². The summed E-state index contributed by atoms with van der Waals surface area (Å²) in [4.78, 5) is 48.7. The van der Waals surface area contributed by atoms with E-state index in [1.165, 1.54) is 0 Å². The minimum absolute atomic E-state index is 0.0626. The molecule has 0 saturated carbocycles. The SMILES string of the molecule is Cc1cc(COc2ccc(C(=O)NC3[C@@H](CC(=O)NO)CCN3C)cc2)c2ccccc2n1.O=C(O)C(F)(F)F.O=C(O)C(F)(F)F. The molecule has 1 aliphatic rings.